The van der Waals surface area contributed by atoms with E-state index in [1.54, 1.807) is 6.20 Å². The molecule has 0 saturated carbocycles. The Hall–Kier alpha value is -2.54. The zero-order valence-electron chi connectivity index (χ0n) is 15.1. The molecule has 0 unspecified atom stereocenters. The van der Waals surface area contributed by atoms with Crippen molar-refractivity contribution in [3.63, 3.8) is 0 Å². The first-order valence-electron chi connectivity index (χ1n) is 8.96. The van der Waals surface area contributed by atoms with Crippen molar-refractivity contribution in [1.29, 1.82) is 0 Å². The standard InChI is InChI=1S/C19H24N4O3/c1-22-9-8-21-19(22)17-13(6-7-16(24)23(17)2)10-20-11-14-4-3-5-15-18(14)26-12-25-15/h3-5,8-9,13,17,20H,6-7,10-12H2,1-2H3/t13-,17+/m1/s1. The molecule has 1 fully saturated rings. The number of para-hydroxylation sites is 1. The van der Waals surface area contributed by atoms with Gasteiger partial charge in [-0.05, 0) is 18.4 Å². The molecule has 2 aromatic rings. The third kappa shape index (κ3) is 3.03. The highest BCUT2D eigenvalue weighted by molar-refractivity contribution is 5.77. The number of hydrogen-bond donors (Lipinski definition) is 1. The number of piperidine rings is 1. The van der Waals surface area contributed by atoms with Crippen molar-refractivity contribution in [2.24, 2.45) is 13.0 Å². The van der Waals surface area contributed by atoms with E-state index in [1.807, 2.05) is 48.0 Å². The number of carbonyl (C=O) groups excluding carboxylic acids is 1. The van der Waals surface area contributed by atoms with Gasteiger partial charge in [-0.3, -0.25) is 4.79 Å². The molecule has 1 N–H and O–H groups in total. The summed E-state index contributed by atoms with van der Waals surface area (Å²) in [6, 6.07) is 5.94. The molecule has 1 aromatic carbocycles. The van der Waals surface area contributed by atoms with Gasteiger partial charge in [-0.2, -0.15) is 0 Å². The number of likely N-dealkylation sites (tertiary alicyclic amines) is 1. The summed E-state index contributed by atoms with van der Waals surface area (Å²) in [5, 5.41) is 3.54. The molecule has 0 radical (unpaired) electrons. The highest BCUT2D eigenvalue weighted by atomic mass is 16.7. The number of amides is 1. The average molecular weight is 356 g/mol. The van der Waals surface area contributed by atoms with Crippen molar-refractivity contribution < 1.29 is 14.3 Å². The van der Waals surface area contributed by atoms with Gasteiger partial charge < -0.3 is 24.3 Å². The molecule has 0 aliphatic carbocycles. The molecule has 2 atom stereocenters. The molecule has 7 nitrogen and oxygen atoms in total. The molecular weight excluding hydrogens is 332 g/mol. The number of nitrogens with one attached hydrogen (secondary N) is 1. The molecule has 1 amide bonds. The van der Waals surface area contributed by atoms with E-state index in [9.17, 15) is 4.79 Å². The first-order chi connectivity index (χ1) is 12.6. The first-order valence-corrected chi connectivity index (χ1v) is 8.96. The maximum atomic E-state index is 12.2. The summed E-state index contributed by atoms with van der Waals surface area (Å²) in [7, 11) is 3.85. The number of fused-ring (bicyclic) bond motifs is 1. The second-order valence-electron chi connectivity index (χ2n) is 6.93. The van der Waals surface area contributed by atoms with Gasteiger partial charge in [0.1, 0.15) is 5.82 Å². The van der Waals surface area contributed by atoms with Gasteiger partial charge in [0.2, 0.25) is 12.7 Å². The minimum atomic E-state index is -0.00942. The molecule has 4 rings (SSSR count). The van der Waals surface area contributed by atoms with E-state index in [4.69, 9.17) is 9.47 Å². The van der Waals surface area contributed by atoms with Crippen LogP contribution in [0.5, 0.6) is 11.5 Å². The van der Waals surface area contributed by atoms with E-state index < -0.39 is 0 Å². The molecule has 0 spiro atoms. The monoisotopic (exact) mass is 356 g/mol. The van der Waals surface area contributed by atoms with Crippen LogP contribution in [-0.2, 0) is 18.4 Å². The molecule has 1 aromatic heterocycles. The smallest absolute Gasteiger partial charge is 0.231 e. The maximum Gasteiger partial charge on any atom is 0.231 e. The predicted octanol–water partition coefficient (Wildman–Crippen LogP) is 1.85. The van der Waals surface area contributed by atoms with Gasteiger partial charge in [-0.1, -0.05) is 12.1 Å². The second-order valence-corrected chi connectivity index (χ2v) is 6.93. The number of aromatic nitrogens is 2. The van der Waals surface area contributed by atoms with Crippen molar-refractivity contribution in [3.05, 3.63) is 42.0 Å². The minimum Gasteiger partial charge on any atom is -0.454 e. The van der Waals surface area contributed by atoms with Gasteiger partial charge >= 0.3 is 0 Å². The fourth-order valence-electron chi connectivity index (χ4n) is 3.90. The summed E-state index contributed by atoms with van der Waals surface area (Å²) in [5.41, 5.74) is 1.09. The number of imidazole rings is 1. The summed E-state index contributed by atoms with van der Waals surface area (Å²) in [4.78, 5) is 18.6. The van der Waals surface area contributed by atoms with Crippen LogP contribution >= 0.6 is 0 Å². The molecule has 3 heterocycles. The van der Waals surface area contributed by atoms with Gasteiger partial charge in [0.15, 0.2) is 11.5 Å². The lowest BCUT2D eigenvalue weighted by atomic mass is 9.88. The SMILES string of the molecule is CN1C(=O)CC[C@H](CNCc2cccc3c2OCO3)[C@H]1c1nccn1C. The van der Waals surface area contributed by atoms with Crippen molar-refractivity contribution in [3.8, 4) is 11.5 Å². The van der Waals surface area contributed by atoms with E-state index in [1.165, 1.54) is 0 Å². The Labute approximate surface area is 152 Å². The molecule has 7 heteroatoms. The Kier molecular flexibility index (Phi) is 4.55. The number of rotatable bonds is 5. The minimum absolute atomic E-state index is 0.00942. The Morgan fingerprint density at radius 3 is 3.00 bits per heavy atom. The highest BCUT2D eigenvalue weighted by Crippen LogP contribution is 2.36. The Balaban J connectivity index is 1.46. The van der Waals surface area contributed by atoms with Crippen LogP contribution in [-0.4, -0.2) is 40.7 Å². The van der Waals surface area contributed by atoms with Gasteiger partial charge in [0.25, 0.3) is 0 Å². The lowest BCUT2D eigenvalue weighted by Gasteiger charge is -2.38. The fraction of sp³-hybridized carbons (Fsp3) is 0.474. The maximum absolute atomic E-state index is 12.2. The molecular formula is C19H24N4O3. The van der Waals surface area contributed by atoms with Crippen LogP contribution in [0, 0.1) is 5.92 Å². The molecule has 0 bridgehead atoms. The van der Waals surface area contributed by atoms with Crippen LogP contribution in [0.2, 0.25) is 0 Å². The molecule has 2 aliphatic heterocycles. The van der Waals surface area contributed by atoms with E-state index in [0.717, 1.165) is 35.9 Å². The molecule has 2 aliphatic rings. The van der Waals surface area contributed by atoms with Gasteiger partial charge in [-0.15, -0.1) is 0 Å². The Morgan fingerprint density at radius 1 is 1.31 bits per heavy atom. The predicted molar refractivity (Wildman–Crippen MR) is 95.7 cm³/mol. The zero-order chi connectivity index (χ0) is 18.1. The molecule has 1 saturated heterocycles. The van der Waals surface area contributed by atoms with Crippen molar-refractivity contribution in [2.75, 3.05) is 20.4 Å². The lowest BCUT2D eigenvalue weighted by Crippen LogP contribution is -2.44. The summed E-state index contributed by atoms with van der Waals surface area (Å²) < 4.78 is 13.0. The number of aryl methyl sites for hydroxylation is 1. The van der Waals surface area contributed by atoms with E-state index in [2.05, 4.69) is 10.3 Å². The third-order valence-corrected chi connectivity index (χ3v) is 5.31. The van der Waals surface area contributed by atoms with Crippen LogP contribution in [0.1, 0.15) is 30.3 Å². The summed E-state index contributed by atoms with van der Waals surface area (Å²) >= 11 is 0. The third-order valence-electron chi connectivity index (χ3n) is 5.31. The summed E-state index contributed by atoms with van der Waals surface area (Å²) in [6.07, 6.45) is 5.16. The second kappa shape index (κ2) is 6.99. The van der Waals surface area contributed by atoms with Gasteiger partial charge in [0.05, 0.1) is 6.04 Å². The van der Waals surface area contributed by atoms with E-state index in [0.29, 0.717) is 18.9 Å². The summed E-state index contributed by atoms with van der Waals surface area (Å²) in [6.45, 7) is 1.79. The number of hydrogen-bond acceptors (Lipinski definition) is 5. The normalized spacial score (nSPS) is 22.1. The van der Waals surface area contributed by atoms with Crippen LogP contribution < -0.4 is 14.8 Å². The quantitative estimate of drug-likeness (QED) is 0.885. The topological polar surface area (TPSA) is 68.6 Å². The van der Waals surface area contributed by atoms with Crippen LogP contribution in [0.4, 0.5) is 0 Å². The van der Waals surface area contributed by atoms with Crippen LogP contribution in [0.25, 0.3) is 0 Å². The van der Waals surface area contributed by atoms with Crippen LogP contribution in [0.15, 0.2) is 30.6 Å². The van der Waals surface area contributed by atoms with Gasteiger partial charge in [-0.25, -0.2) is 4.98 Å². The average Bonchev–Trinajstić information content (AvgIpc) is 3.27. The fourth-order valence-corrected chi connectivity index (χ4v) is 3.90. The number of carbonyl (C=O) groups is 1. The van der Waals surface area contributed by atoms with Crippen molar-refractivity contribution in [2.45, 2.75) is 25.4 Å². The first kappa shape index (κ1) is 16.9. The van der Waals surface area contributed by atoms with Crippen molar-refractivity contribution in [1.82, 2.24) is 19.8 Å². The van der Waals surface area contributed by atoms with Crippen LogP contribution in [0.3, 0.4) is 0 Å². The summed E-state index contributed by atoms with van der Waals surface area (Å²) in [5.74, 6) is 3.06. The van der Waals surface area contributed by atoms with Gasteiger partial charge in [0, 0.05) is 51.6 Å². The molecule has 138 valence electrons. The van der Waals surface area contributed by atoms with E-state index in [-0.39, 0.29) is 18.7 Å². The number of nitrogens with zero attached hydrogens (tertiary/aromatic N) is 3. The number of benzene rings is 1. The Morgan fingerprint density at radius 2 is 2.19 bits per heavy atom. The molecule has 26 heavy (non-hydrogen) atoms. The Bertz CT molecular complexity index is 804. The largest absolute Gasteiger partial charge is 0.454 e. The van der Waals surface area contributed by atoms with Crippen molar-refractivity contribution >= 4 is 5.91 Å². The number of ether oxygens (including phenoxy) is 2. The zero-order valence-corrected chi connectivity index (χ0v) is 15.1. The lowest BCUT2D eigenvalue weighted by molar-refractivity contribution is -0.137. The van der Waals surface area contributed by atoms with E-state index >= 15 is 0 Å². The highest BCUT2D eigenvalue weighted by Gasteiger charge is 2.36.